The highest BCUT2D eigenvalue weighted by molar-refractivity contribution is 5.82. The fraction of sp³-hybridized carbons (Fsp3) is 0.533. The Kier molecular flexibility index (Phi) is 4.16. The van der Waals surface area contributed by atoms with Gasteiger partial charge in [-0.3, -0.25) is 14.6 Å². The molecule has 1 saturated heterocycles. The van der Waals surface area contributed by atoms with Crippen LogP contribution in [0.15, 0.2) is 18.5 Å². The van der Waals surface area contributed by atoms with E-state index in [1.165, 1.54) is 26.2 Å². The molecule has 0 spiro atoms. The first-order valence-electron chi connectivity index (χ1n) is 6.88. The Morgan fingerprint density at radius 1 is 1.45 bits per heavy atom. The fourth-order valence-corrected chi connectivity index (χ4v) is 2.14. The van der Waals surface area contributed by atoms with Gasteiger partial charge in [0.15, 0.2) is 0 Å². The number of aromatic nitrogens is 1. The number of amides is 1. The first kappa shape index (κ1) is 16.3. The molecule has 0 radical (unpaired) electrons. The Morgan fingerprint density at radius 2 is 2.14 bits per heavy atom. The number of nitriles is 1. The zero-order valence-corrected chi connectivity index (χ0v) is 12.6. The van der Waals surface area contributed by atoms with Crippen molar-refractivity contribution in [3.63, 3.8) is 0 Å². The maximum atomic E-state index is 13.7. The zero-order valence-electron chi connectivity index (χ0n) is 12.6. The maximum Gasteiger partial charge on any atom is 0.259 e. The van der Waals surface area contributed by atoms with Crippen molar-refractivity contribution in [1.29, 1.82) is 5.26 Å². The molecule has 7 heteroatoms. The van der Waals surface area contributed by atoms with E-state index >= 15 is 0 Å². The van der Waals surface area contributed by atoms with E-state index in [0.29, 0.717) is 24.5 Å². The van der Waals surface area contributed by atoms with Crippen LogP contribution in [0.4, 0.5) is 8.78 Å². The summed E-state index contributed by atoms with van der Waals surface area (Å²) in [5.41, 5.74) is -0.951. The third-order valence-corrected chi connectivity index (χ3v) is 4.01. The molecule has 0 aliphatic carbocycles. The standard InChI is InChI=1S/C15H17F2N3O2/c1-14(2,15(3,16)17)13(21)20-12(4-5-22-20)11-6-10(7-18)8-19-9-11/h6,8-9,12H,4-5H2,1-3H3/t12-/m0/s1. The summed E-state index contributed by atoms with van der Waals surface area (Å²) in [5, 5.41) is 9.91. The minimum absolute atomic E-state index is 0.249. The van der Waals surface area contributed by atoms with Gasteiger partial charge in [-0.1, -0.05) is 0 Å². The molecule has 1 aliphatic rings. The number of nitrogens with zero attached hydrogens (tertiary/aromatic N) is 3. The molecular weight excluding hydrogens is 292 g/mol. The molecule has 1 amide bonds. The molecule has 0 saturated carbocycles. The Balaban J connectivity index is 2.31. The molecule has 1 aromatic rings. The van der Waals surface area contributed by atoms with Gasteiger partial charge in [0.25, 0.3) is 11.8 Å². The highest BCUT2D eigenvalue weighted by Crippen LogP contribution is 2.41. The number of carbonyl (C=O) groups excluding carboxylic acids is 1. The quantitative estimate of drug-likeness (QED) is 0.861. The average molecular weight is 309 g/mol. The van der Waals surface area contributed by atoms with Crippen LogP contribution in [-0.2, 0) is 9.63 Å². The van der Waals surface area contributed by atoms with Crippen molar-refractivity contribution in [3.05, 3.63) is 29.6 Å². The molecule has 0 unspecified atom stereocenters. The van der Waals surface area contributed by atoms with Crippen LogP contribution < -0.4 is 0 Å². The normalized spacial score (nSPS) is 19.1. The minimum Gasteiger partial charge on any atom is -0.272 e. The molecule has 0 N–H and O–H groups in total. The summed E-state index contributed by atoms with van der Waals surface area (Å²) >= 11 is 0. The minimum atomic E-state index is -3.19. The second kappa shape index (κ2) is 5.61. The Hall–Kier alpha value is -2.07. The molecule has 118 valence electrons. The van der Waals surface area contributed by atoms with Crippen molar-refractivity contribution in [3.8, 4) is 6.07 Å². The van der Waals surface area contributed by atoms with Gasteiger partial charge in [-0.15, -0.1) is 0 Å². The van der Waals surface area contributed by atoms with Gasteiger partial charge >= 0.3 is 0 Å². The van der Waals surface area contributed by atoms with E-state index < -0.39 is 23.3 Å². The highest BCUT2D eigenvalue weighted by Gasteiger charge is 2.52. The lowest BCUT2D eigenvalue weighted by atomic mass is 9.84. The molecule has 1 fully saturated rings. The lowest BCUT2D eigenvalue weighted by Crippen LogP contribution is -2.48. The average Bonchev–Trinajstić information content (AvgIpc) is 2.94. The molecule has 1 aromatic heterocycles. The first-order valence-corrected chi connectivity index (χ1v) is 6.88. The van der Waals surface area contributed by atoms with Crippen LogP contribution in [-0.4, -0.2) is 28.5 Å². The van der Waals surface area contributed by atoms with Crippen molar-refractivity contribution < 1.29 is 18.4 Å². The summed E-state index contributed by atoms with van der Waals surface area (Å²) < 4.78 is 27.4. The van der Waals surface area contributed by atoms with Crippen molar-refractivity contribution in [2.45, 2.75) is 39.2 Å². The monoisotopic (exact) mass is 309 g/mol. The number of pyridine rings is 1. The molecule has 0 aromatic carbocycles. The van der Waals surface area contributed by atoms with Gasteiger partial charge in [-0.05, 0) is 25.5 Å². The van der Waals surface area contributed by atoms with E-state index in [0.717, 1.165) is 5.06 Å². The largest absolute Gasteiger partial charge is 0.272 e. The highest BCUT2D eigenvalue weighted by atomic mass is 19.3. The maximum absolute atomic E-state index is 13.7. The van der Waals surface area contributed by atoms with Gasteiger partial charge in [-0.2, -0.15) is 5.26 Å². The molecule has 2 heterocycles. The van der Waals surface area contributed by atoms with Gasteiger partial charge in [-0.25, -0.2) is 13.8 Å². The van der Waals surface area contributed by atoms with Crippen molar-refractivity contribution >= 4 is 5.91 Å². The van der Waals surface area contributed by atoms with E-state index in [1.807, 2.05) is 6.07 Å². The Bertz CT molecular complexity index is 620. The van der Waals surface area contributed by atoms with E-state index in [-0.39, 0.29) is 6.61 Å². The molecule has 0 bridgehead atoms. The molecule has 2 rings (SSSR count). The van der Waals surface area contributed by atoms with Crippen LogP contribution in [0, 0.1) is 16.7 Å². The van der Waals surface area contributed by atoms with Crippen LogP contribution in [0.3, 0.4) is 0 Å². The molecular formula is C15H17F2N3O2. The van der Waals surface area contributed by atoms with Gasteiger partial charge in [0.2, 0.25) is 0 Å². The van der Waals surface area contributed by atoms with Crippen molar-refractivity contribution in [2.75, 3.05) is 6.61 Å². The SMILES string of the molecule is CC(F)(F)C(C)(C)C(=O)N1OCC[C@H]1c1cncc(C#N)c1. The van der Waals surface area contributed by atoms with Gasteiger partial charge in [0.05, 0.1) is 18.2 Å². The van der Waals surface area contributed by atoms with E-state index in [9.17, 15) is 13.6 Å². The number of hydroxylamine groups is 2. The molecule has 5 nitrogen and oxygen atoms in total. The number of halogens is 2. The number of hydrogen-bond acceptors (Lipinski definition) is 4. The predicted octanol–water partition coefficient (Wildman–Crippen LogP) is 2.84. The van der Waals surface area contributed by atoms with Crippen LogP contribution >= 0.6 is 0 Å². The third kappa shape index (κ3) is 2.79. The lowest BCUT2D eigenvalue weighted by molar-refractivity contribution is -0.204. The van der Waals surface area contributed by atoms with Crippen LogP contribution in [0.25, 0.3) is 0 Å². The second-order valence-corrected chi connectivity index (χ2v) is 5.90. The topological polar surface area (TPSA) is 66.2 Å². The first-order chi connectivity index (χ1) is 10.2. The molecule has 1 atom stereocenters. The van der Waals surface area contributed by atoms with Gasteiger partial charge in [0.1, 0.15) is 11.5 Å². The van der Waals surface area contributed by atoms with Crippen molar-refractivity contribution in [1.82, 2.24) is 10.0 Å². The van der Waals surface area contributed by atoms with E-state index in [1.54, 1.807) is 6.07 Å². The number of alkyl halides is 2. The summed E-state index contributed by atoms with van der Waals surface area (Å²) in [5.74, 6) is -3.97. The number of carbonyl (C=O) groups is 1. The Labute approximate surface area is 127 Å². The van der Waals surface area contributed by atoms with Crippen molar-refractivity contribution in [2.24, 2.45) is 5.41 Å². The van der Waals surface area contributed by atoms with E-state index in [4.69, 9.17) is 10.1 Å². The number of rotatable bonds is 3. The van der Waals surface area contributed by atoms with E-state index in [2.05, 4.69) is 4.98 Å². The summed E-state index contributed by atoms with van der Waals surface area (Å²) in [4.78, 5) is 21.7. The summed E-state index contributed by atoms with van der Waals surface area (Å²) in [6.45, 7) is 3.35. The third-order valence-electron chi connectivity index (χ3n) is 4.01. The van der Waals surface area contributed by atoms with Crippen LogP contribution in [0.2, 0.25) is 0 Å². The predicted molar refractivity (Wildman–Crippen MR) is 73.5 cm³/mol. The van der Waals surface area contributed by atoms with Crippen LogP contribution in [0.1, 0.15) is 44.4 Å². The van der Waals surface area contributed by atoms with Gasteiger partial charge < -0.3 is 0 Å². The summed E-state index contributed by atoms with van der Waals surface area (Å²) in [7, 11) is 0. The molecule has 1 aliphatic heterocycles. The molecule has 22 heavy (non-hydrogen) atoms. The van der Waals surface area contributed by atoms with Crippen LogP contribution in [0.5, 0.6) is 0 Å². The van der Waals surface area contributed by atoms with Gasteiger partial charge in [0, 0.05) is 25.7 Å². The smallest absolute Gasteiger partial charge is 0.259 e. The fourth-order valence-electron chi connectivity index (χ4n) is 2.14. The zero-order chi connectivity index (χ0) is 16.5. The summed E-state index contributed by atoms with van der Waals surface area (Å²) in [6, 6.07) is 3.03. The summed E-state index contributed by atoms with van der Waals surface area (Å²) in [6.07, 6.45) is 3.38. The second-order valence-electron chi connectivity index (χ2n) is 5.90. The number of hydrogen-bond donors (Lipinski definition) is 0. The lowest BCUT2D eigenvalue weighted by Gasteiger charge is -2.35. The Morgan fingerprint density at radius 3 is 2.73 bits per heavy atom.